The Morgan fingerprint density at radius 2 is 1.80 bits per heavy atom. The van der Waals surface area contributed by atoms with Crippen LogP contribution in [0.25, 0.3) is 11.3 Å². The monoisotopic (exact) mass is 213 g/mol. The summed E-state index contributed by atoms with van der Waals surface area (Å²) in [5.41, 5.74) is -0.718. The van der Waals surface area contributed by atoms with E-state index in [-0.39, 0.29) is 11.3 Å². The Balaban J connectivity index is 2.58. The van der Waals surface area contributed by atoms with Crippen molar-refractivity contribution in [3.8, 4) is 11.3 Å². The van der Waals surface area contributed by atoms with Crippen molar-refractivity contribution < 1.29 is 17.7 Å². The molecule has 0 bridgehead atoms. The first-order chi connectivity index (χ1) is 7.09. The highest BCUT2D eigenvalue weighted by Gasteiger charge is 2.33. The second-order valence-electron chi connectivity index (χ2n) is 2.92. The van der Waals surface area contributed by atoms with Crippen LogP contribution in [0.3, 0.4) is 0 Å². The molecule has 0 spiro atoms. The molecule has 0 aliphatic carbocycles. The molecule has 0 unspecified atom stereocenters. The largest absolute Gasteiger partial charge is 0.417 e. The predicted octanol–water partition coefficient (Wildman–Crippen LogP) is 3.36. The third kappa shape index (κ3) is 1.86. The van der Waals surface area contributed by atoms with Gasteiger partial charge in [-0.25, -0.2) is 0 Å². The summed E-state index contributed by atoms with van der Waals surface area (Å²) < 4.78 is 42.4. The molecule has 1 aromatic heterocycles. The summed E-state index contributed by atoms with van der Waals surface area (Å²) in [5, 5.41) is 3.38. The Labute approximate surface area is 83.3 Å². The van der Waals surface area contributed by atoms with Crippen LogP contribution >= 0.6 is 0 Å². The normalized spacial score (nSPS) is 11.7. The van der Waals surface area contributed by atoms with Gasteiger partial charge in [0.05, 0.1) is 11.8 Å². The molecule has 0 saturated heterocycles. The van der Waals surface area contributed by atoms with Crippen LogP contribution < -0.4 is 0 Å². The number of rotatable bonds is 1. The zero-order valence-corrected chi connectivity index (χ0v) is 7.45. The Morgan fingerprint density at radius 1 is 1.07 bits per heavy atom. The lowest BCUT2D eigenvalue weighted by Gasteiger charge is -2.09. The summed E-state index contributed by atoms with van der Waals surface area (Å²) >= 11 is 0. The van der Waals surface area contributed by atoms with E-state index in [9.17, 15) is 13.2 Å². The van der Waals surface area contributed by atoms with Gasteiger partial charge in [-0.2, -0.15) is 13.2 Å². The average Bonchev–Trinajstić information content (AvgIpc) is 2.69. The third-order valence-electron chi connectivity index (χ3n) is 1.94. The predicted molar refractivity (Wildman–Crippen MR) is 46.9 cm³/mol. The first-order valence-corrected chi connectivity index (χ1v) is 4.16. The maximum Gasteiger partial charge on any atom is 0.417 e. The van der Waals surface area contributed by atoms with Crippen molar-refractivity contribution in [3.63, 3.8) is 0 Å². The van der Waals surface area contributed by atoms with Gasteiger partial charge in [0, 0.05) is 11.6 Å². The number of hydrogen-bond acceptors (Lipinski definition) is 2. The molecule has 0 fully saturated rings. The van der Waals surface area contributed by atoms with Gasteiger partial charge in [-0.05, 0) is 6.07 Å². The SMILES string of the molecule is FC(F)(F)c1ccccc1-c1ccno1. The van der Waals surface area contributed by atoms with Gasteiger partial charge in [-0.15, -0.1) is 0 Å². The highest BCUT2D eigenvalue weighted by Crippen LogP contribution is 2.36. The van der Waals surface area contributed by atoms with Crippen LogP contribution in [0.15, 0.2) is 41.1 Å². The second kappa shape index (κ2) is 3.42. The van der Waals surface area contributed by atoms with Gasteiger partial charge in [0.15, 0.2) is 5.76 Å². The fourth-order valence-electron chi connectivity index (χ4n) is 1.30. The highest BCUT2D eigenvalue weighted by atomic mass is 19.4. The maximum absolute atomic E-state index is 12.6. The average molecular weight is 213 g/mol. The molecule has 0 aliphatic rings. The first kappa shape index (κ1) is 9.76. The van der Waals surface area contributed by atoms with E-state index < -0.39 is 11.7 Å². The molecule has 0 N–H and O–H groups in total. The number of aromatic nitrogens is 1. The van der Waals surface area contributed by atoms with Crippen molar-refractivity contribution in [2.45, 2.75) is 6.18 Å². The lowest BCUT2D eigenvalue weighted by atomic mass is 10.1. The molecule has 2 nitrogen and oxygen atoms in total. The van der Waals surface area contributed by atoms with E-state index in [1.165, 1.54) is 30.5 Å². The summed E-state index contributed by atoms with van der Waals surface area (Å²) in [6, 6.07) is 6.61. The van der Waals surface area contributed by atoms with Crippen LogP contribution in [-0.2, 0) is 6.18 Å². The van der Waals surface area contributed by atoms with Crippen LogP contribution in [0.2, 0.25) is 0 Å². The van der Waals surface area contributed by atoms with Crippen LogP contribution in [0.5, 0.6) is 0 Å². The minimum atomic E-state index is -4.39. The minimum absolute atomic E-state index is 0.00231. The second-order valence-corrected chi connectivity index (χ2v) is 2.92. The zero-order chi connectivity index (χ0) is 10.9. The summed E-state index contributed by atoms with van der Waals surface area (Å²) in [7, 11) is 0. The van der Waals surface area contributed by atoms with E-state index >= 15 is 0 Å². The molecule has 0 radical (unpaired) electrons. The van der Waals surface area contributed by atoms with Gasteiger partial charge in [0.25, 0.3) is 0 Å². The number of alkyl halides is 3. The molecule has 0 atom stereocenters. The lowest BCUT2D eigenvalue weighted by molar-refractivity contribution is -0.137. The van der Waals surface area contributed by atoms with E-state index in [0.29, 0.717) is 0 Å². The Kier molecular flexibility index (Phi) is 2.22. The van der Waals surface area contributed by atoms with E-state index in [0.717, 1.165) is 6.07 Å². The molecule has 2 rings (SSSR count). The number of nitrogens with zero attached hydrogens (tertiary/aromatic N) is 1. The molecule has 15 heavy (non-hydrogen) atoms. The standard InChI is InChI=1S/C10H6F3NO/c11-10(12,13)8-4-2-1-3-7(8)9-5-6-14-15-9/h1-6H. The van der Waals surface area contributed by atoms with E-state index in [1.54, 1.807) is 0 Å². The summed E-state index contributed by atoms with van der Waals surface area (Å²) in [4.78, 5) is 0. The van der Waals surface area contributed by atoms with Crippen LogP contribution in [0.1, 0.15) is 5.56 Å². The van der Waals surface area contributed by atoms with Gasteiger partial charge in [-0.1, -0.05) is 23.4 Å². The van der Waals surface area contributed by atoms with Crippen molar-refractivity contribution in [2.24, 2.45) is 0 Å². The molecule has 1 heterocycles. The van der Waals surface area contributed by atoms with Gasteiger partial charge < -0.3 is 4.52 Å². The summed E-state index contributed by atoms with van der Waals surface area (Å²) in [6.45, 7) is 0. The Bertz CT molecular complexity index is 448. The molecule has 2 aromatic rings. The van der Waals surface area contributed by atoms with Crippen molar-refractivity contribution in [3.05, 3.63) is 42.1 Å². The fraction of sp³-hybridized carbons (Fsp3) is 0.100. The van der Waals surface area contributed by atoms with Gasteiger partial charge in [0.2, 0.25) is 0 Å². The Hall–Kier alpha value is -1.78. The van der Waals surface area contributed by atoms with E-state index in [1.807, 2.05) is 0 Å². The lowest BCUT2D eigenvalue weighted by Crippen LogP contribution is -2.06. The van der Waals surface area contributed by atoms with Gasteiger partial charge >= 0.3 is 6.18 Å². The topological polar surface area (TPSA) is 26.0 Å². The number of benzene rings is 1. The molecule has 5 heteroatoms. The maximum atomic E-state index is 12.6. The number of hydrogen-bond donors (Lipinski definition) is 0. The minimum Gasteiger partial charge on any atom is -0.356 e. The van der Waals surface area contributed by atoms with Crippen molar-refractivity contribution >= 4 is 0 Å². The van der Waals surface area contributed by atoms with Crippen LogP contribution in [-0.4, -0.2) is 5.16 Å². The fourth-order valence-corrected chi connectivity index (χ4v) is 1.30. The number of halogens is 3. The molecule has 0 amide bonds. The summed E-state index contributed by atoms with van der Waals surface area (Å²) in [6.07, 6.45) is -3.08. The van der Waals surface area contributed by atoms with Gasteiger partial charge in [-0.3, -0.25) is 0 Å². The first-order valence-electron chi connectivity index (χ1n) is 4.16. The third-order valence-corrected chi connectivity index (χ3v) is 1.94. The Morgan fingerprint density at radius 3 is 2.40 bits per heavy atom. The van der Waals surface area contributed by atoms with Crippen LogP contribution in [0.4, 0.5) is 13.2 Å². The quantitative estimate of drug-likeness (QED) is 0.725. The molecule has 1 aromatic carbocycles. The smallest absolute Gasteiger partial charge is 0.356 e. The highest BCUT2D eigenvalue weighted by molar-refractivity contribution is 5.62. The van der Waals surface area contributed by atoms with Crippen molar-refractivity contribution in [2.75, 3.05) is 0 Å². The molecular weight excluding hydrogens is 207 g/mol. The van der Waals surface area contributed by atoms with Crippen LogP contribution in [0, 0.1) is 0 Å². The zero-order valence-electron chi connectivity index (χ0n) is 7.45. The molecular formula is C10H6F3NO. The van der Waals surface area contributed by atoms with Crippen molar-refractivity contribution in [1.29, 1.82) is 0 Å². The summed E-state index contributed by atoms with van der Waals surface area (Å²) in [5.74, 6) is 0.114. The molecule has 78 valence electrons. The van der Waals surface area contributed by atoms with Crippen molar-refractivity contribution in [1.82, 2.24) is 5.16 Å². The van der Waals surface area contributed by atoms with E-state index in [2.05, 4.69) is 5.16 Å². The molecule has 0 saturated carbocycles. The van der Waals surface area contributed by atoms with E-state index in [4.69, 9.17) is 4.52 Å². The molecule has 0 aliphatic heterocycles. The van der Waals surface area contributed by atoms with Gasteiger partial charge in [0.1, 0.15) is 0 Å².